The lowest BCUT2D eigenvalue weighted by Gasteiger charge is -2.40. The highest BCUT2D eigenvalue weighted by Crippen LogP contribution is 2.38. The molecule has 156 valence electrons. The maximum atomic E-state index is 12.8. The van der Waals surface area contributed by atoms with E-state index in [-0.39, 0.29) is 29.8 Å². The molecule has 1 aliphatic heterocycles. The zero-order valence-electron chi connectivity index (χ0n) is 16.6. The van der Waals surface area contributed by atoms with E-state index in [1.807, 2.05) is 9.80 Å². The van der Waals surface area contributed by atoms with Gasteiger partial charge in [0, 0.05) is 38.6 Å². The lowest BCUT2D eigenvalue weighted by molar-refractivity contribution is -0.135. The van der Waals surface area contributed by atoms with Gasteiger partial charge >= 0.3 is 6.03 Å². The van der Waals surface area contributed by atoms with Crippen molar-refractivity contribution in [3.05, 3.63) is 0 Å². The van der Waals surface area contributed by atoms with Gasteiger partial charge < -0.3 is 20.9 Å². The highest BCUT2D eigenvalue weighted by atomic mass is 35.5. The third kappa shape index (κ3) is 5.98. The zero-order chi connectivity index (χ0) is 18.4. The molecule has 3 aliphatic rings. The minimum absolute atomic E-state index is 0. The molecular weight excluding hydrogens is 364 g/mol. The fraction of sp³-hybridized carbons (Fsp3) is 0.900. The van der Waals surface area contributed by atoms with Crippen molar-refractivity contribution in [2.45, 2.75) is 76.7 Å². The smallest absolute Gasteiger partial charge is 0.317 e. The van der Waals surface area contributed by atoms with E-state index >= 15 is 0 Å². The van der Waals surface area contributed by atoms with Gasteiger partial charge in [0.25, 0.3) is 0 Å². The Kier molecular flexibility index (Phi) is 8.67. The summed E-state index contributed by atoms with van der Waals surface area (Å²) >= 11 is 0. The second kappa shape index (κ2) is 10.5. The molecule has 0 aromatic heterocycles. The van der Waals surface area contributed by atoms with Gasteiger partial charge in [-0.15, -0.1) is 12.4 Å². The van der Waals surface area contributed by atoms with Crippen LogP contribution in [0.5, 0.6) is 0 Å². The second-order valence-electron chi connectivity index (χ2n) is 8.59. The van der Waals surface area contributed by atoms with Crippen LogP contribution in [0.25, 0.3) is 0 Å². The molecule has 0 spiro atoms. The number of halogens is 1. The van der Waals surface area contributed by atoms with Crippen LogP contribution in [0.4, 0.5) is 4.79 Å². The lowest BCUT2D eigenvalue weighted by atomic mass is 9.71. The normalized spacial score (nSPS) is 23.4. The number of urea groups is 1. The highest BCUT2D eigenvalue weighted by Gasteiger charge is 2.35. The van der Waals surface area contributed by atoms with E-state index in [1.54, 1.807) is 0 Å². The number of carbonyl (C=O) groups excluding carboxylic acids is 2. The van der Waals surface area contributed by atoms with E-state index in [4.69, 9.17) is 5.73 Å². The summed E-state index contributed by atoms with van der Waals surface area (Å²) < 4.78 is 0. The van der Waals surface area contributed by atoms with Crippen LogP contribution in [-0.2, 0) is 4.79 Å². The fourth-order valence-corrected chi connectivity index (χ4v) is 4.86. The third-order valence-corrected chi connectivity index (χ3v) is 6.73. The predicted molar refractivity (Wildman–Crippen MR) is 110 cm³/mol. The molecule has 0 aromatic carbocycles. The van der Waals surface area contributed by atoms with Crippen LogP contribution in [0.2, 0.25) is 0 Å². The number of rotatable bonds is 4. The van der Waals surface area contributed by atoms with Crippen molar-refractivity contribution in [3.8, 4) is 0 Å². The summed E-state index contributed by atoms with van der Waals surface area (Å²) in [5.41, 5.74) is 6.05. The average molecular weight is 401 g/mol. The molecule has 7 heteroatoms. The number of nitrogens with zero attached hydrogens (tertiary/aromatic N) is 2. The molecule has 6 nitrogen and oxygen atoms in total. The standard InChI is InChI=1S/C20H36N4O2.ClH/c21-16-20(9-5-2-6-10-20)15-18(25)23-11-13-24(14-12-23)19(26)22-17-7-3-1-4-8-17;/h17H,1-16,21H2,(H,22,26);1H. The Bertz CT molecular complexity index is 482. The van der Waals surface area contributed by atoms with Crippen molar-refractivity contribution >= 4 is 24.3 Å². The van der Waals surface area contributed by atoms with Crippen LogP contribution in [0, 0.1) is 5.41 Å². The minimum Gasteiger partial charge on any atom is -0.339 e. The fourth-order valence-electron chi connectivity index (χ4n) is 4.86. The number of hydrogen-bond donors (Lipinski definition) is 2. The summed E-state index contributed by atoms with van der Waals surface area (Å²) in [6.45, 7) is 3.19. The molecule has 0 atom stereocenters. The van der Waals surface area contributed by atoms with Crippen LogP contribution < -0.4 is 11.1 Å². The molecule has 3 N–H and O–H groups in total. The minimum atomic E-state index is 0. The van der Waals surface area contributed by atoms with Gasteiger partial charge in [0.1, 0.15) is 0 Å². The van der Waals surface area contributed by atoms with Crippen LogP contribution >= 0.6 is 12.4 Å². The van der Waals surface area contributed by atoms with Crippen molar-refractivity contribution in [2.24, 2.45) is 11.1 Å². The number of amides is 3. The van der Waals surface area contributed by atoms with Gasteiger partial charge in [0.15, 0.2) is 0 Å². The first-order chi connectivity index (χ1) is 12.6. The molecule has 3 rings (SSSR count). The maximum absolute atomic E-state index is 12.8. The number of carbonyl (C=O) groups is 2. The summed E-state index contributed by atoms with van der Waals surface area (Å²) in [6.07, 6.45) is 12.3. The Morgan fingerprint density at radius 2 is 1.44 bits per heavy atom. The van der Waals surface area contributed by atoms with Crippen molar-refractivity contribution in [1.29, 1.82) is 0 Å². The molecule has 0 radical (unpaired) electrons. The molecule has 1 heterocycles. The van der Waals surface area contributed by atoms with Crippen molar-refractivity contribution in [2.75, 3.05) is 32.7 Å². The molecule has 2 aliphatic carbocycles. The number of piperazine rings is 1. The van der Waals surface area contributed by atoms with Gasteiger partial charge in [-0.2, -0.15) is 0 Å². The molecule has 0 bridgehead atoms. The number of nitrogens with one attached hydrogen (secondary N) is 1. The molecule has 2 saturated carbocycles. The summed E-state index contributed by atoms with van der Waals surface area (Å²) in [6, 6.07) is 0.390. The summed E-state index contributed by atoms with van der Waals surface area (Å²) in [5, 5.41) is 3.18. The maximum Gasteiger partial charge on any atom is 0.317 e. The first kappa shape index (κ1) is 22.3. The van der Waals surface area contributed by atoms with E-state index in [1.165, 1.54) is 38.5 Å². The SMILES string of the molecule is Cl.NCC1(CC(=O)N2CCN(C(=O)NC3CCCCC3)CC2)CCCCC1. The summed E-state index contributed by atoms with van der Waals surface area (Å²) in [5.74, 6) is 0.227. The Morgan fingerprint density at radius 1 is 0.889 bits per heavy atom. The monoisotopic (exact) mass is 400 g/mol. The van der Waals surface area contributed by atoms with Gasteiger partial charge in [-0.3, -0.25) is 4.79 Å². The Hall–Kier alpha value is -1.01. The predicted octanol–water partition coefficient (Wildman–Crippen LogP) is 2.89. The molecule has 3 amide bonds. The van der Waals surface area contributed by atoms with E-state index in [0.717, 1.165) is 25.7 Å². The first-order valence-electron chi connectivity index (χ1n) is 10.7. The van der Waals surface area contributed by atoms with E-state index in [2.05, 4.69) is 5.32 Å². The molecular formula is C20H37ClN4O2. The Labute approximate surface area is 170 Å². The summed E-state index contributed by atoms with van der Waals surface area (Å²) in [7, 11) is 0. The van der Waals surface area contributed by atoms with Crippen LogP contribution in [0.3, 0.4) is 0 Å². The van der Waals surface area contributed by atoms with E-state index in [0.29, 0.717) is 45.2 Å². The van der Waals surface area contributed by atoms with Crippen molar-refractivity contribution in [1.82, 2.24) is 15.1 Å². The lowest BCUT2D eigenvalue weighted by Crippen LogP contribution is -2.55. The van der Waals surface area contributed by atoms with Crippen LogP contribution in [0.15, 0.2) is 0 Å². The van der Waals surface area contributed by atoms with Crippen molar-refractivity contribution < 1.29 is 9.59 Å². The van der Waals surface area contributed by atoms with Gasteiger partial charge in [-0.25, -0.2) is 4.79 Å². The average Bonchev–Trinajstić information content (AvgIpc) is 2.69. The van der Waals surface area contributed by atoms with Gasteiger partial charge in [-0.05, 0) is 37.6 Å². The topological polar surface area (TPSA) is 78.7 Å². The van der Waals surface area contributed by atoms with Gasteiger partial charge in [0.2, 0.25) is 5.91 Å². The Morgan fingerprint density at radius 3 is 2.04 bits per heavy atom. The molecule has 0 aromatic rings. The number of hydrogen-bond acceptors (Lipinski definition) is 3. The van der Waals surface area contributed by atoms with Crippen molar-refractivity contribution in [3.63, 3.8) is 0 Å². The molecule has 0 unspecified atom stereocenters. The Balaban J connectivity index is 0.00000261. The highest BCUT2D eigenvalue weighted by molar-refractivity contribution is 5.85. The first-order valence-corrected chi connectivity index (χ1v) is 10.7. The molecule has 27 heavy (non-hydrogen) atoms. The van der Waals surface area contributed by atoms with E-state index in [9.17, 15) is 9.59 Å². The van der Waals surface area contributed by atoms with Crippen LogP contribution in [0.1, 0.15) is 70.6 Å². The quantitative estimate of drug-likeness (QED) is 0.761. The molecule has 3 fully saturated rings. The molecule has 1 saturated heterocycles. The second-order valence-corrected chi connectivity index (χ2v) is 8.59. The number of nitrogens with two attached hydrogens (primary N) is 1. The van der Waals surface area contributed by atoms with E-state index < -0.39 is 0 Å². The summed E-state index contributed by atoms with van der Waals surface area (Å²) in [4.78, 5) is 29.0. The van der Waals surface area contributed by atoms with Gasteiger partial charge in [-0.1, -0.05) is 38.5 Å². The van der Waals surface area contributed by atoms with Gasteiger partial charge in [0.05, 0.1) is 0 Å². The zero-order valence-corrected chi connectivity index (χ0v) is 17.4. The largest absolute Gasteiger partial charge is 0.339 e. The third-order valence-electron chi connectivity index (χ3n) is 6.73. The van der Waals surface area contributed by atoms with Crippen LogP contribution in [-0.4, -0.2) is 60.5 Å².